The van der Waals surface area contributed by atoms with Gasteiger partial charge in [-0.25, -0.2) is 0 Å². The van der Waals surface area contributed by atoms with Crippen molar-refractivity contribution in [2.24, 2.45) is 11.8 Å². The number of hydrogen-bond donors (Lipinski definition) is 1. The molecule has 0 aromatic rings. The van der Waals surface area contributed by atoms with E-state index in [1.54, 1.807) is 0 Å². The highest BCUT2D eigenvalue weighted by atomic mass is 19.4. The van der Waals surface area contributed by atoms with Crippen molar-refractivity contribution in [1.82, 2.24) is 5.32 Å². The Morgan fingerprint density at radius 2 is 1.55 bits per heavy atom. The number of alkyl halides is 3. The molecule has 0 unspecified atom stereocenters. The van der Waals surface area contributed by atoms with Crippen molar-refractivity contribution >= 4 is 11.7 Å². The summed E-state index contributed by atoms with van der Waals surface area (Å²) in [6.45, 7) is 0. The van der Waals surface area contributed by atoms with Crippen LogP contribution in [0, 0.1) is 11.8 Å². The smallest absolute Gasteiger partial charge is 0.353 e. The first kappa shape index (κ1) is 15.3. The van der Waals surface area contributed by atoms with Gasteiger partial charge in [0.25, 0.3) is 0 Å². The highest BCUT2D eigenvalue weighted by Crippen LogP contribution is 2.39. The van der Waals surface area contributed by atoms with E-state index >= 15 is 0 Å². The van der Waals surface area contributed by atoms with E-state index in [-0.39, 0.29) is 36.5 Å². The molecule has 0 heterocycles. The summed E-state index contributed by atoms with van der Waals surface area (Å²) in [7, 11) is 0. The molecule has 0 atom stereocenters. The van der Waals surface area contributed by atoms with Gasteiger partial charge in [0, 0.05) is 24.8 Å². The molecule has 1 amide bonds. The molecule has 1 N–H and O–H groups in total. The van der Waals surface area contributed by atoms with Crippen LogP contribution in [0.2, 0.25) is 0 Å². The lowest BCUT2D eigenvalue weighted by Crippen LogP contribution is -2.42. The van der Waals surface area contributed by atoms with Crippen LogP contribution >= 0.6 is 0 Å². The molecule has 0 saturated heterocycles. The molecule has 6 heteroatoms. The number of amides is 1. The van der Waals surface area contributed by atoms with Crippen molar-refractivity contribution in [1.29, 1.82) is 0 Å². The van der Waals surface area contributed by atoms with Crippen LogP contribution in [0.1, 0.15) is 51.4 Å². The number of hydrogen-bond acceptors (Lipinski definition) is 2. The van der Waals surface area contributed by atoms with Crippen molar-refractivity contribution in [2.45, 2.75) is 63.6 Å². The van der Waals surface area contributed by atoms with Crippen LogP contribution < -0.4 is 5.32 Å². The second-order valence-corrected chi connectivity index (χ2v) is 5.91. The Morgan fingerprint density at radius 1 is 1.00 bits per heavy atom. The Balaban J connectivity index is 1.76. The van der Waals surface area contributed by atoms with Crippen molar-refractivity contribution in [3.05, 3.63) is 0 Å². The molecular weight excluding hydrogens is 271 g/mol. The molecule has 2 fully saturated rings. The van der Waals surface area contributed by atoms with E-state index in [4.69, 9.17) is 0 Å². The van der Waals surface area contributed by atoms with Gasteiger partial charge in [0.1, 0.15) is 5.78 Å². The van der Waals surface area contributed by atoms with Crippen LogP contribution in [0.15, 0.2) is 0 Å². The minimum absolute atomic E-state index is 0.0144. The van der Waals surface area contributed by atoms with E-state index in [2.05, 4.69) is 5.32 Å². The number of carbonyl (C=O) groups is 2. The van der Waals surface area contributed by atoms with E-state index in [0.717, 1.165) is 0 Å². The summed E-state index contributed by atoms with van der Waals surface area (Å²) in [5, 5.41) is 2.89. The Morgan fingerprint density at radius 3 is 2.05 bits per heavy atom. The third kappa shape index (κ3) is 3.96. The zero-order chi connectivity index (χ0) is 14.8. The molecule has 2 rings (SSSR count). The van der Waals surface area contributed by atoms with Crippen LogP contribution in [0.25, 0.3) is 0 Å². The van der Waals surface area contributed by atoms with Gasteiger partial charge < -0.3 is 5.32 Å². The average molecular weight is 291 g/mol. The van der Waals surface area contributed by atoms with Crippen molar-refractivity contribution in [3.8, 4) is 0 Å². The summed E-state index contributed by atoms with van der Waals surface area (Å²) >= 11 is 0. The molecule has 0 radical (unpaired) electrons. The zero-order valence-corrected chi connectivity index (χ0v) is 11.3. The topological polar surface area (TPSA) is 46.2 Å². The normalized spacial score (nSPS) is 29.2. The Hall–Kier alpha value is -1.07. The standard InChI is InChI=1S/C14H20F3NO2/c15-14(16,17)10-3-1-9(2-4-10)13(20)18-11-5-7-12(19)8-6-11/h9-11H,1-8H2,(H,18,20). The van der Waals surface area contributed by atoms with Crippen LogP contribution in [0.4, 0.5) is 13.2 Å². The molecule has 114 valence electrons. The van der Waals surface area contributed by atoms with Crippen molar-refractivity contribution in [2.75, 3.05) is 0 Å². The minimum Gasteiger partial charge on any atom is -0.353 e. The van der Waals surface area contributed by atoms with Crippen LogP contribution in [0.5, 0.6) is 0 Å². The molecule has 0 aliphatic heterocycles. The van der Waals surface area contributed by atoms with Gasteiger partial charge >= 0.3 is 6.18 Å². The van der Waals surface area contributed by atoms with Crippen LogP contribution in [-0.2, 0) is 9.59 Å². The van der Waals surface area contributed by atoms with Gasteiger partial charge in [-0.05, 0) is 38.5 Å². The van der Waals surface area contributed by atoms with Gasteiger partial charge in [-0.1, -0.05) is 0 Å². The largest absolute Gasteiger partial charge is 0.391 e. The summed E-state index contributed by atoms with van der Waals surface area (Å²) in [4.78, 5) is 23.1. The molecule has 0 spiro atoms. The third-order valence-corrected chi connectivity index (χ3v) is 4.45. The number of carbonyl (C=O) groups excluding carboxylic acids is 2. The van der Waals surface area contributed by atoms with Crippen LogP contribution in [-0.4, -0.2) is 23.9 Å². The second-order valence-electron chi connectivity index (χ2n) is 5.91. The minimum atomic E-state index is -4.13. The van der Waals surface area contributed by atoms with Gasteiger partial charge in [0.05, 0.1) is 5.92 Å². The van der Waals surface area contributed by atoms with Gasteiger partial charge in [0.2, 0.25) is 5.91 Å². The van der Waals surface area contributed by atoms with E-state index in [9.17, 15) is 22.8 Å². The molecule has 3 nitrogen and oxygen atoms in total. The maximum absolute atomic E-state index is 12.5. The van der Waals surface area contributed by atoms with Gasteiger partial charge in [-0.3, -0.25) is 9.59 Å². The molecular formula is C14H20F3NO2. The summed E-state index contributed by atoms with van der Waals surface area (Å²) in [6, 6.07) is 0.0144. The molecule has 0 bridgehead atoms. The zero-order valence-electron chi connectivity index (χ0n) is 11.3. The Bertz CT molecular complexity index is 363. The molecule has 2 aliphatic rings. The summed E-state index contributed by atoms with van der Waals surface area (Å²) in [6.07, 6.45) is -1.13. The lowest BCUT2D eigenvalue weighted by molar-refractivity contribution is -0.184. The highest BCUT2D eigenvalue weighted by molar-refractivity contribution is 5.81. The fourth-order valence-electron chi connectivity index (χ4n) is 3.09. The summed E-state index contributed by atoms with van der Waals surface area (Å²) in [5.41, 5.74) is 0. The van der Waals surface area contributed by atoms with E-state index in [0.29, 0.717) is 38.5 Å². The molecule has 0 aromatic carbocycles. The lowest BCUT2D eigenvalue weighted by atomic mass is 9.81. The highest BCUT2D eigenvalue weighted by Gasteiger charge is 2.42. The number of ketones is 1. The number of Topliss-reactive ketones (excluding diaryl/α,β-unsaturated/α-hetero) is 1. The molecule has 20 heavy (non-hydrogen) atoms. The lowest BCUT2D eigenvalue weighted by Gasteiger charge is -2.31. The molecule has 2 saturated carbocycles. The Labute approximate surface area is 116 Å². The van der Waals surface area contributed by atoms with Gasteiger partial charge in [-0.2, -0.15) is 13.2 Å². The van der Waals surface area contributed by atoms with Gasteiger partial charge in [-0.15, -0.1) is 0 Å². The van der Waals surface area contributed by atoms with E-state index in [1.807, 2.05) is 0 Å². The maximum atomic E-state index is 12.5. The first-order valence-corrected chi connectivity index (χ1v) is 7.25. The predicted octanol–water partition coefficient (Wildman–Crippen LogP) is 2.98. The molecule has 0 aromatic heterocycles. The number of nitrogens with one attached hydrogen (secondary N) is 1. The first-order chi connectivity index (χ1) is 9.36. The quantitative estimate of drug-likeness (QED) is 0.850. The Kier molecular flexibility index (Phi) is 4.70. The fourth-order valence-corrected chi connectivity index (χ4v) is 3.09. The predicted molar refractivity (Wildman–Crippen MR) is 66.9 cm³/mol. The molecule has 2 aliphatic carbocycles. The van der Waals surface area contributed by atoms with Crippen LogP contribution in [0.3, 0.4) is 0 Å². The number of halogens is 3. The summed E-state index contributed by atoms with van der Waals surface area (Å²) in [5.74, 6) is -1.46. The van der Waals surface area contributed by atoms with Crippen molar-refractivity contribution in [3.63, 3.8) is 0 Å². The second kappa shape index (κ2) is 6.14. The van der Waals surface area contributed by atoms with Gasteiger partial charge in [0.15, 0.2) is 0 Å². The first-order valence-electron chi connectivity index (χ1n) is 7.25. The van der Waals surface area contributed by atoms with E-state index in [1.165, 1.54) is 0 Å². The average Bonchev–Trinajstić information content (AvgIpc) is 2.40. The maximum Gasteiger partial charge on any atom is 0.391 e. The van der Waals surface area contributed by atoms with Crippen molar-refractivity contribution < 1.29 is 22.8 Å². The SMILES string of the molecule is O=C1CCC(NC(=O)C2CCC(C(F)(F)F)CC2)CC1. The monoisotopic (exact) mass is 291 g/mol. The number of rotatable bonds is 2. The van der Waals surface area contributed by atoms with E-state index < -0.39 is 12.1 Å². The summed E-state index contributed by atoms with van der Waals surface area (Å²) < 4.78 is 37.6. The third-order valence-electron chi connectivity index (χ3n) is 4.45. The fraction of sp³-hybridized carbons (Fsp3) is 0.857.